The van der Waals surface area contributed by atoms with E-state index in [1.54, 1.807) is 12.1 Å². The fourth-order valence-corrected chi connectivity index (χ4v) is 6.06. The summed E-state index contributed by atoms with van der Waals surface area (Å²) in [4.78, 5) is 11.9. The Labute approximate surface area is 235 Å². The van der Waals surface area contributed by atoms with Crippen molar-refractivity contribution in [3.05, 3.63) is 66.4 Å². The summed E-state index contributed by atoms with van der Waals surface area (Å²) in [6, 6.07) is 18.5. The van der Waals surface area contributed by atoms with Crippen LogP contribution in [0.15, 0.2) is 65.6 Å². The van der Waals surface area contributed by atoms with Gasteiger partial charge in [-0.05, 0) is 51.4 Å². The number of nitrogens with one attached hydrogen (secondary N) is 2. The largest absolute Gasteiger partial charge is 0.491 e. The number of rotatable bonds is 10. The molecule has 2 fully saturated rings. The molecule has 5 rings (SSSR count). The molecule has 0 radical (unpaired) electrons. The highest BCUT2D eigenvalue weighted by atomic mass is 32.2. The Kier molecular flexibility index (Phi) is 8.67. The average Bonchev–Trinajstić information content (AvgIpc) is 3.37. The van der Waals surface area contributed by atoms with Crippen LogP contribution >= 0.6 is 0 Å². The minimum Gasteiger partial charge on any atom is -0.491 e. The van der Waals surface area contributed by atoms with E-state index >= 15 is 0 Å². The molecule has 2 aliphatic heterocycles. The van der Waals surface area contributed by atoms with Crippen LogP contribution in [0.4, 0.5) is 5.95 Å². The molecule has 40 heavy (non-hydrogen) atoms. The van der Waals surface area contributed by atoms with E-state index in [-0.39, 0.29) is 23.1 Å². The van der Waals surface area contributed by atoms with Crippen LogP contribution in [0.5, 0.6) is 5.75 Å². The molecule has 2 aliphatic rings. The quantitative estimate of drug-likeness (QED) is 0.339. The Morgan fingerprint density at radius 2 is 1.90 bits per heavy atom. The second-order valence-corrected chi connectivity index (χ2v) is 12.4. The van der Waals surface area contributed by atoms with E-state index < -0.39 is 16.1 Å². The van der Waals surface area contributed by atoms with Crippen molar-refractivity contribution in [3.8, 4) is 17.0 Å². The second-order valence-electron chi connectivity index (χ2n) is 10.5. The molecule has 1 unspecified atom stereocenters. The minimum absolute atomic E-state index is 0.0468. The first-order chi connectivity index (χ1) is 19.2. The summed E-state index contributed by atoms with van der Waals surface area (Å²) in [6.07, 6.45) is 1.91. The van der Waals surface area contributed by atoms with Gasteiger partial charge in [-0.1, -0.05) is 36.4 Å². The number of nitrogens with zero attached hydrogens (tertiary/aromatic N) is 3. The summed E-state index contributed by atoms with van der Waals surface area (Å²) in [6.45, 7) is 4.64. The van der Waals surface area contributed by atoms with Gasteiger partial charge in [0, 0.05) is 43.0 Å². The van der Waals surface area contributed by atoms with Gasteiger partial charge in [0.25, 0.3) is 0 Å². The van der Waals surface area contributed by atoms with Gasteiger partial charge in [0.1, 0.15) is 18.5 Å². The number of piperidine rings is 1. The number of aromatic nitrogens is 2. The third kappa shape index (κ3) is 6.79. The van der Waals surface area contributed by atoms with E-state index in [1.807, 2.05) is 31.2 Å². The van der Waals surface area contributed by atoms with E-state index in [0.29, 0.717) is 18.9 Å². The van der Waals surface area contributed by atoms with Crippen molar-refractivity contribution in [2.45, 2.75) is 48.8 Å². The lowest BCUT2D eigenvalue weighted by Crippen LogP contribution is -2.45. The fraction of sp³-hybridized carbons (Fsp3) is 0.448. The van der Waals surface area contributed by atoms with Crippen molar-refractivity contribution in [2.75, 3.05) is 44.8 Å². The molecule has 1 aromatic heterocycles. The fourth-order valence-electron chi connectivity index (χ4n) is 5.29. The Morgan fingerprint density at radius 3 is 2.65 bits per heavy atom. The van der Waals surface area contributed by atoms with Crippen molar-refractivity contribution in [2.24, 2.45) is 0 Å². The number of ether oxygens (including phenoxy) is 2. The molecule has 0 aliphatic carbocycles. The van der Waals surface area contributed by atoms with Crippen LogP contribution in [0.25, 0.3) is 11.3 Å². The first kappa shape index (κ1) is 28.4. The van der Waals surface area contributed by atoms with E-state index in [4.69, 9.17) is 19.4 Å². The Hall–Kier alpha value is -3.09. The molecular formula is C29H37N5O5S. The number of aliphatic hydroxyl groups is 1. The number of hydrogen-bond acceptors (Lipinski definition) is 9. The third-order valence-corrected chi connectivity index (χ3v) is 8.96. The molecule has 3 aromatic rings. The van der Waals surface area contributed by atoms with Gasteiger partial charge in [-0.3, -0.25) is 0 Å². The number of sulfonamides is 1. The molecule has 3 heterocycles. The molecule has 2 aromatic carbocycles. The standard InChI is InChI=1S/C29H37N5O5S/c1-21-15-27(22-7-4-3-5-8-22)33-28(32-21)34-13-11-29(12-14-34)17-23(19-39-29)31-18-24(35)20-38-25-9-6-10-26(16-25)40(36,37)30-2/h3-10,15-16,23-24,30-31,35H,11-14,17-20H2,1-2H3/t23-,24?/m1/s1. The van der Waals surface area contributed by atoms with E-state index in [0.717, 1.165) is 55.3 Å². The minimum atomic E-state index is -3.56. The maximum Gasteiger partial charge on any atom is 0.240 e. The van der Waals surface area contributed by atoms with Gasteiger partial charge < -0.3 is 24.8 Å². The second kappa shape index (κ2) is 12.2. The lowest BCUT2D eigenvalue weighted by atomic mass is 9.87. The van der Waals surface area contributed by atoms with Gasteiger partial charge in [-0.15, -0.1) is 0 Å². The zero-order valence-electron chi connectivity index (χ0n) is 22.9. The topological polar surface area (TPSA) is 126 Å². The van der Waals surface area contributed by atoms with Crippen molar-refractivity contribution >= 4 is 16.0 Å². The van der Waals surface area contributed by atoms with Crippen molar-refractivity contribution < 1.29 is 23.0 Å². The number of hydrogen-bond donors (Lipinski definition) is 3. The van der Waals surface area contributed by atoms with Crippen LogP contribution in [0.2, 0.25) is 0 Å². The molecule has 10 nitrogen and oxygen atoms in total. The van der Waals surface area contributed by atoms with Crippen LogP contribution < -0.4 is 19.7 Å². The Morgan fingerprint density at radius 1 is 1.12 bits per heavy atom. The summed E-state index contributed by atoms with van der Waals surface area (Å²) < 4.78 is 38.2. The molecule has 11 heteroatoms. The van der Waals surface area contributed by atoms with Crippen LogP contribution in [-0.2, 0) is 14.8 Å². The zero-order valence-corrected chi connectivity index (χ0v) is 23.7. The highest BCUT2D eigenvalue weighted by Gasteiger charge is 2.43. The van der Waals surface area contributed by atoms with Crippen LogP contribution in [0.1, 0.15) is 25.0 Å². The molecule has 214 valence electrons. The molecule has 3 N–H and O–H groups in total. The number of anilines is 1. The van der Waals surface area contributed by atoms with Crippen molar-refractivity contribution in [1.82, 2.24) is 20.0 Å². The smallest absolute Gasteiger partial charge is 0.240 e. The van der Waals surface area contributed by atoms with Gasteiger partial charge in [0.15, 0.2) is 0 Å². The Balaban J connectivity index is 1.09. The number of aryl methyl sites for hydroxylation is 1. The summed E-state index contributed by atoms with van der Waals surface area (Å²) >= 11 is 0. The summed E-state index contributed by atoms with van der Waals surface area (Å²) in [5.74, 6) is 1.15. The SMILES string of the molecule is CNS(=O)(=O)c1cccc(OCC(O)CN[C@H]2COC3(CCN(c4nc(C)cc(-c5ccccc5)n4)CC3)C2)c1. The monoisotopic (exact) mass is 567 g/mol. The lowest BCUT2D eigenvalue weighted by molar-refractivity contribution is -0.0152. The molecule has 2 saturated heterocycles. The van der Waals surface area contributed by atoms with Crippen molar-refractivity contribution in [3.63, 3.8) is 0 Å². The van der Waals surface area contributed by atoms with E-state index in [9.17, 15) is 13.5 Å². The average molecular weight is 568 g/mol. The van der Waals surface area contributed by atoms with Gasteiger partial charge in [0.2, 0.25) is 16.0 Å². The predicted molar refractivity (Wildman–Crippen MR) is 153 cm³/mol. The summed E-state index contributed by atoms with van der Waals surface area (Å²) in [5, 5.41) is 13.9. The highest BCUT2D eigenvalue weighted by Crippen LogP contribution is 2.37. The van der Waals surface area contributed by atoms with Gasteiger partial charge in [-0.25, -0.2) is 23.1 Å². The molecular weight excluding hydrogens is 530 g/mol. The molecule has 0 amide bonds. The van der Waals surface area contributed by atoms with Gasteiger partial charge in [0.05, 0.1) is 22.8 Å². The lowest BCUT2D eigenvalue weighted by Gasteiger charge is -2.38. The zero-order chi connectivity index (χ0) is 28.2. The van der Waals surface area contributed by atoms with Crippen LogP contribution in [0.3, 0.4) is 0 Å². The summed E-state index contributed by atoms with van der Waals surface area (Å²) in [7, 11) is -2.20. The first-order valence-electron chi connectivity index (χ1n) is 13.6. The highest BCUT2D eigenvalue weighted by molar-refractivity contribution is 7.89. The molecule has 0 saturated carbocycles. The van der Waals surface area contributed by atoms with Gasteiger partial charge >= 0.3 is 0 Å². The third-order valence-electron chi connectivity index (χ3n) is 7.55. The normalized spacial score (nSPS) is 19.6. The van der Waals surface area contributed by atoms with Gasteiger partial charge in [-0.2, -0.15) is 0 Å². The maximum atomic E-state index is 12.0. The van der Waals surface area contributed by atoms with Crippen LogP contribution in [-0.4, -0.2) is 81.1 Å². The van der Waals surface area contributed by atoms with E-state index in [2.05, 4.69) is 27.1 Å². The number of aliphatic hydroxyl groups excluding tert-OH is 1. The Bertz CT molecular complexity index is 1400. The first-order valence-corrected chi connectivity index (χ1v) is 15.1. The molecule has 0 bridgehead atoms. The van der Waals surface area contributed by atoms with Crippen LogP contribution in [0, 0.1) is 6.92 Å². The predicted octanol–water partition coefficient (Wildman–Crippen LogP) is 2.52. The van der Waals surface area contributed by atoms with Crippen molar-refractivity contribution in [1.29, 1.82) is 0 Å². The molecule has 1 spiro atoms. The maximum absolute atomic E-state index is 12.0. The molecule has 2 atom stereocenters. The van der Waals surface area contributed by atoms with E-state index in [1.165, 1.54) is 19.2 Å². The summed E-state index contributed by atoms with van der Waals surface area (Å²) in [5.41, 5.74) is 2.78. The number of benzene rings is 2.